The number of rotatable bonds is 4. The van der Waals surface area contributed by atoms with Gasteiger partial charge in [0.05, 0.1) is 5.41 Å². The molecular formula is C17H19NO2S. The number of carboxylic acid groups (broad SMARTS) is 1. The lowest BCUT2D eigenvalue weighted by molar-refractivity contribution is -0.146. The Balaban J connectivity index is 1.73. The van der Waals surface area contributed by atoms with Crippen molar-refractivity contribution in [2.75, 3.05) is 13.1 Å². The molecule has 2 heterocycles. The van der Waals surface area contributed by atoms with Crippen LogP contribution in [0.5, 0.6) is 0 Å². The molecule has 0 atom stereocenters. The predicted molar refractivity (Wildman–Crippen MR) is 84.6 cm³/mol. The van der Waals surface area contributed by atoms with Gasteiger partial charge in [0.25, 0.3) is 0 Å². The summed E-state index contributed by atoms with van der Waals surface area (Å²) in [6.07, 6.45) is 1.35. The Morgan fingerprint density at radius 2 is 1.90 bits per heavy atom. The fourth-order valence-corrected chi connectivity index (χ4v) is 3.78. The second kappa shape index (κ2) is 6.00. The number of benzene rings is 1. The summed E-state index contributed by atoms with van der Waals surface area (Å²) < 4.78 is 0. The second-order valence-electron chi connectivity index (χ2n) is 5.66. The molecule has 3 nitrogen and oxygen atoms in total. The van der Waals surface area contributed by atoms with Gasteiger partial charge in [-0.25, -0.2) is 0 Å². The zero-order chi connectivity index (χ0) is 14.7. The number of piperidine rings is 1. The molecular weight excluding hydrogens is 282 g/mol. The van der Waals surface area contributed by atoms with Crippen molar-refractivity contribution in [3.05, 3.63) is 58.3 Å². The normalized spacial score (nSPS) is 18.5. The SMILES string of the molecule is O=C(O)C1(c2ccccc2)CCN(Cc2ccsc2)CC1. The predicted octanol–water partition coefficient (Wildman–Crippen LogP) is 3.37. The third-order valence-corrected chi connectivity index (χ3v) is 5.16. The first-order valence-corrected chi connectivity index (χ1v) is 8.17. The molecule has 1 fully saturated rings. The van der Waals surface area contributed by atoms with Crippen molar-refractivity contribution >= 4 is 17.3 Å². The molecule has 1 saturated heterocycles. The van der Waals surface area contributed by atoms with Gasteiger partial charge in [0, 0.05) is 6.54 Å². The summed E-state index contributed by atoms with van der Waals surface area (Å²) in [5.41, 5.74) is 1.54. The Morgan fingerprint density at radius 3 is 2.48 bits per heavy atom. The van der Waals surface area contributed by atoms with Crippen LogP contribution >= 0.6 is 11.3 Å². The van der Waals surface area contributed by atoms with Gasteiger partial charge in [-0.15, -0.1) is 0 Å². The average Bonchev–Trinajstić information content (AvgIpc) is 3.02. The van der Waals surface area contributed by atoms with Crippen molar-refractivity contribution < 1.29 is 9.90 Å². The smallest absolute Gasteiger partial charge is 0.314 e. The number of aliphatic carboxylic acids is 1. The van der Waals surface area contributed by atoms with E-state index in [-0.39, 0.29) is 0 Å². The zero-order valence-corrected chi connectivity index (χ0v) is 12.7. The van der Waals surface area contributed by atoms with Gasteiger partial charge in [0.2, 0.25) is 0 Å². The summed E-state index contributed by atoms with van der Waals surface area (Å²) in [6.45, 7) is 2.59. The maximum atomic E-state index is 11.9. The van der Waals surface area contributed by atoms with E-state index in [4.69, 9.17) is 0 Å². The zero-order valence-electron chi connectivity index (χ0n) is 11.9. The number of carboxylic acids is 1. The average molecular weight is 301 g/mol. The highest BCUT2D eigenvalue weighted by Crippen LogP contribution is 2.36. The number of nitrogens with zero attached hydrogens (tertiary/aromatic N) is 1. The first-order valence-electron chi connectivity index (χ1n) is 7.23. The minimum Gasteiger partial charge on any atom is -0.481 e. The number of hydrogen-bond donors (Lipinski definition) is 1. The van der Waals surface area contributed by atoms with E-state index in [1.54, 1.807) is 11.3 Å². The first-order chi connectivity index (χ1) is 10.2. The summed E-state index contributed by atoms with van der Waals surface area (Å²) in [7, 11) is 0. The Bertz CT molecular complexity index is 587. The van der Waals surface area contributed by atoms with Crippen LogP contribution in [0.25, 0.3) is 0 Å². The maximum absolute atomic E-state index is 11.9. The molecule has 1 aromatic carbocycles. The van der Waals surface area contributed by atoms with Crippen LogP contribution in [0.2, 0.25) is 0 Å². The lowest BCUT2D eigenvalue weighted by Crippen LogP contribution is -2.47. The second-order valence-corrected chi connectivity index (χ2v) is 6.44. The van der Waals surface area contributed by atoms with Crippen molar-refractivity contribution in [2.45, 2.75) is 24.8 Å². The Morgan fingerprint density at radius 1 is 1.19 bits per heavy atom. The van der Waals surface area contributed by atoms with E-state index in [1.165, 1.54) is 5.56 Å². The number of carbonyl (C=O) groups is 1. The topological polar surface area (TPSA) is 40.5 Å². The summed E-state index contributed by atoms with van der Waals surface area (Å²) in [5, 5.41) is 14.0. The molecule has 0 saturated carbocycles. The molecule has 3 rings (SSSR count). The third-order valence-electron chi connectivity index (χ3n) is 4.43. The summed E-state index contributed by atoms with van der Waals surface area (Å²) in [5.74, 6) is -0.691. The standard InChI is InChI=1S/C17H19NO2S/c19-16(20)17(15-4-2-1-3-5-15)7-9-18(10-8-17)12-14-6-11-21-13-14/h1-6,11,13H,7-10,12H2,(H,19,20). The summed E-state index contributed by atoms with van der Waals surface area (Å²) in [6, 6.07) is 11.8. The van der Waals surface area contributed by atoms with Crippen LogP contribution in [0.1, 0.15) is 24.0 Å². The quantitative estimate of drug-likeness (QED) is 0.941. The van der Waals surface area contributed by atoms with E-state index in [1.807, 2.05) is 30.3 Å². The Kier molecular flexibility index (Phi) is 4.08. The Labute approximate surface area is 128 Å². The molecule has 0 spiro atoms. The molecule has 0 unspecified atom stereocenters. The van der Waals surface area contributed by atoms with Gasteiger partial charge >= 0.3 is 5.97 Å². The van der Waals surface area contributed by atoms with Crippen LogP contribution in [0.3, 0.4) is 0 Å². The molecule has 21 heavy (non-hydrogen) atoms. The first kappa shape index (κ1) is 14.3. The molecule has 1 aliphatic heterocycles. The van der Waals surface area contributed by atoms with Crippen LogP contribution in [-0.2, 0) is 16.8 Å². The summed E-state index contributed by atoms with van der Waals surface area (Å²) >= 11 is 1.71. The molecule has 1 aromatic heterocycles. The van der Waals surface area contributed by atoms with Crippen LogP contribution < -0.4 is 0 Å². The molecule has 0 amide bonds. The lowest BCUT2D eigenvalue weighted by Gasteiger charge is -2.39. The highest BCUT2D eigenvalue weighted by Gasteiger charge is 2.42. The monoisotopic (exact) mass is 301 g/mol. The van der Waals surface area contributed by atoms with Crippen LogP contribution in [-0.4, -0.2) is 29.1 Å². The van der Waals surface area contributed by atoms with Crippen LogP contribution in [0.4, 0.5) is 0 Å². The van der Waals surface area contributed by atoms with Gasteiger partial charge in [-0.3, -0.25) is 9.69 Å². The van der Waals surface area contributed by atoms with Gasteiger partial charge in [-0.05, 0) is 53.9 Å². The van der Waals surface area contributed by atoms with E-state index >= 15 is 0 Å². The van der Waals surface area contributed by atoms with E-state index < -0.39 is 11.4 Å². The number of thiophene rings is 1. The van der Waals surface area contributed by atoms with Crippen LogP contribution in [0.15, 0.2) is 47.2 Å². The highest BCUT2D eigenvalue weighted by molar-refractivity contribution is 7.07. The third kappa shape index (κ3) is 2.87. The number of likely N-dealkylation sites (tertiary alicyclic amines) is 1. The van der Waals surface area contributed by atoms with Gasteiger partial charge in [-0.2, -0.15) is 11.3 Å². The van der Waals surface area contributed by atoms with Crippen molar-refractivity contribution in [1.29, 1.82) is 0 Å². The van der Waals surface area contributed by atoms with E-state index in [2.05, 4.69) is 21.7 Å². The Hall–Kier alpha value is -1.65. The lowest BCUT2D eigenvalue weighted by atomic mass is 9.73. The van der Waals surface area contributed by atoms with Gasteiger partial charge in [0.15, 0.2) is 0 Å². The van der Waals surface area contributed by atoms with Crippen molar-refractivity contribution in [3.8, 4) is 0 Å². The maximum Gasteiger partial charge on any atom is 0.314 e. The fraction of sp³-hybridized carbons (Fsp3) is 0.353. The molecule has 0 aliphatic carbocycles. The highest BCUT2D eigenvalue weighted by atomic mass is 32.1. The molecule has 0 radical (unpaired) electrons. The van der Waals surface area contributed by atoms with Crippen LogP contribution in [0, 0.1) is 0 Å². The number of hydrogen-bond acceptors (Lipinski definition) is 3. The van der Waals surface area contributed by atoms with Gasteiger partial charge < -0.3 is 5.11 Å². The van der Waals surface area contributed by atoms with Crippen molar-refractivity contribution in [2.24, 2.45) is 0 Å². The molecule has 4 heteroatoms. The largest absolute Gasteiger partial charge is 0.481 e. The van der Waals surface area contributed by atoms with Crippen molar-refractivity contribution in [3.63, 3.8) is 0 Å². The van der Waals surface area contributed by atoms with E-state index in [0.717, 1.165) is 25.2 Å². The minimum absolute atomic E-state index is 0.677. The molecule has 2 aromatic rings. The molecule has 1 N–H and O–H groups in total. The van der Waals surface area contributed by atoms with Crippen molar-refractivity contribution in [1.82, 2.24) is 4.90 Å². The molecule has 0 bridgehead atoms. The summed E-state index contributed by atoms with van der Waals surface area (Å²) in [4.78, 5) is 14.2. The van der Waals surface area contributed by atoms with E-state index in [9.17, 15) is 9.90 Å². The molecule has 1 aliphatic rings. The molecule has 110 valence electrons. The minimum atomic E-state index is -0.716. The van der Waals surface area contributed by atoms with Gasteiger partial charge in [-0.1, -0.05) is 30.3 Å². The fourth-order valence-electron chi connectivity index (χ4n) is 3.12. The van der Waals surface area contributed by atoms with E-state index in [0.29, 0.717) is 12.8 Å². The van der Waals surface area contributed by atoms with Gasteiger partial charge in [0.1, 0.15) is 0 Å².